The summed E-state index contributed by atoms with van der Waals surface area (Å²) in [7, 11) is 1.35. The molecule has 0 aromatic carbocycles. The van der Waals surface area contributed by atoms with Gasteiger partial charge >= 0.3 is 5.97 Å². The van der Waals surface area contributed by atoms with Crippen LogP contribution in [0.4, 0.5) is 0 Å². The highest BCUT2D eigenvalue weighted by Crippen LogP contribution is 2.22. The Balaban J connectivity index is 2.80. The number of nitrogens with zero attached hydrogens (tertiary/aromatic N) is 1. The van der Waals surface area contributed by atoms with Crippen molar-refractivity contribution in [2.45, 2.75) is 26.8 Å². The van der Waals surface area contributed by atoms with Gasteiger partial charge in [0.1, 0.15) is 5.76 Å². The van der Waals surface area contributed by atoms with Gasteiger partial charge in [-0.15, -0.1) is 0 Å². The van der Waals surface area contributed by atoms with Crippen molar-refractivity contribution in [3.63, 3.8) is 0 Å². The maximum absolute atomic E-state index is 11.2. The van der Waals surface area contributed by atoms with E-state index in [1.165, 1.54) is 7.11 Å². The van der Waals surface area contributed by atoms with Crippen LogP contribution in [0.3, 0.4) is 0 Å². The Kier molecular flexibility index (Phi) is 4.55. The van der Waals surface area contributed by atoms with Gasteiger partial charge in [0, 0.05) is 0 Å². The van der Waals surface area contributed by atoms with Crippen LogP contribution in [-0.4, -0.2) is 31.1 Å². The van der Waals surface area contributed by atoms with Crippen molar-refractivity contribution in [1.82, 2.24) is 4.90 Å². The molecule has 1 rings (SSSR count). The molecule has 1 atom stereocenters. The third-order valence-corrected chi connectivity index (χ3v) is 2.79. The van der Waals surface area contributed by atoms with E-state index in [4.69, 9.17) is 4.42 Å². The van der Waals surface area contributed by atoms with Crippen molar-refractivity contribution in [2.24, 2.45) is 0 Å². The maximum atomic E-state index is 11.2. The molecule has 1 heterocycles. The molecule has 0 unspecified atom stereocenters. The fourth-order valence-corrected chi connectivity index (χ4v) is 1.74. The summed E-state index contributed by atoms with van der Waals surface area (Å²) in [6.45, 7) is 8.17. The Morgan fingerprint density at radius 1 is 1.44 bits per heavy atom. The molecule has 0 amide bonds. The van der Waals surface area contributed by atoms with E-state index < -0.39 is 5.97 Å². The molecular weight excluding hydrogens is 206 g/mol. The molecule has 0 saturated heterocycles. The van der Waals surface area contributed by atoms with Crippen LogP contribution >= 0.6 is 0 Å². The highest BCUT2D eigenvalue weighted by atomic mass is 16.5. The van der Waals surface area contributed by atoms with Crippen LogP contribution in [0.2, 0.25) is 0 Å². The number of carbonyl (C=O) groups is 1. The summed E-state index contributed by atoms with van der Waals surface area (Å²) >= 11 is 0. The smallest absolute Gasteiger partial charge is 0.373 e. The van der Waals surface area contributed by atoms with Crippen LogP contribution in [-0.2, 0) is 4.74 Å². The molecule has 4 heteroatoms. The van der Waals surface area contributed by atoms with Gasteiger partial charge < -0.3 is 9.15 Å². The number of hydrogen-bond acceptors (Lipinski definition) is 4. The van der Waals surface area contributed by atoms with Crippen LogP contribution in [0.1, 0.15) is 43.1 Å². The van der Waals surface area contributed by atoms with Crippen molar-refractivity contribution in [2.75, 3.05) is 20.2 Å². The molecule has 16 heavy (non-hydrogen) atoms. The maximum Gasteiger partial charge on any atom is 0.373 e. The minimum absolute atomic E-state index is 0.174. The van der Waals surface area contributed by atoms with Gasteiger partial charge in [-0.3, -0.25) is 4.90 Å². The van der Waals surface area contributed by atoms with E-state index in [1.54, 1.807) is 6.07 Å². The summed E-state index contributed by atoms with van der Waals surface area (Å²) < 4.78 is 10.1. The molecule has 0 radical (unpaired) electrons. The monoisotopic (exact) mass is 225 g/mol. The Labute approximate surface area is 96.2 Å². The van der Waals surface area contributed by atoms with Crippen LogP contribution in [0.5, 0.6) is 0 Å². The molecule has 0 N–H and O–H groups in total. The van der Waals surface area contributed by atoms with Crippen molar-refractivity contribution in [1.29, 1.82) is 0 Å². The van der Waals surface area contributed by atoms with Gasteiger partial charge in [-0.25, -0.2) is 4.79 Å². The third kappa shape index (κ3) is 2.64. The molecule has 1 aromatic rings. The minimum atomic E-state index is -0.432. The summed E-state index contributed by atoms with van der Waals surface area (Å²) in [5, 5.41) is 0. The van der Waals surface area contributed by atoms with Crippen LogP contribution < -0.4 is 0 Å². The van der Waals surface area contributed by atoms with Crippen molar-refractivity contribution in [3.8, 4) is 0 Å². The third-order valence-electron chi connectivity index (χ3n) is 2.79. The number of rotatable bonds is 5. The predicted octanol–water partition coefficient (Wildman–Crippen LogP) is 2.47. The van der Waals surface area contributed by atoms with E-state index in [1.807, 2.05) is 6.07 Å². The standard InChI is InChI=1S/C12H19NO3/c1-5-13(6-2)9(3)10-7-8-11(16-10)12(14)15-4/h7-9H,5-6H2,1-4H3/t9-/m1/s1. The summed E-state index contributed by atoms with van der Waals surface area (Å²) in [4.78, 5) is 13.5. The predicted molar refractivity (Wildman–Crippen MR) is 61.4 cm³/mol. The second-order valence-electron chi connectivity index (χ2n) is 3.59. The summed E-state index contributed by atoms with van der Waals surface area (Å²) in [5.41, 5.74) is 0. The summed E-state index contributed by atoms with van der Waals surface area (Å²) in [5.74, 6) is 0.624. The molecule has 0 bridgehead atoms. The molecule has 90 valence electrons. The molecule has 0 spiro atoms. The fraction of sp³-hybridized carbons (Fsp3) is 0.583. The lowest BCUT2D eigenvalue weighted by Gasteiger charge is -2.24. The zero-order valence-corrected chi connectivity index (χ0v) is 10.3. The number of carbonyl (C=O) groups excluding carboxylic acids is 1. The van der Waals surface area contributed by atoms with E-state index in [-0.39, 0.29) is 11.8 Å². The average Bonchev–Trinajstić information content (AvgIpc) is 2.78. The van der Waals surface area contributed by atoms with Gasteiger partial charge in [-0.05, 0) is 32.1 Å². The molecular formula is C12H19NO3. The Hall–Kier alpha value is -1.29. The van der Waals surface area contributed by atoms with Crippen LogP contribution in [0, 0.1) is 0 Å². The fourth-order valence-electron chi connectivity index (χ4n) is 1.74. The second kappa shape index (κ2) is 5.70. The number of esters is 1. The van der Waals surface area contributed by atoms with Crippen molar-refractivity contribution in [3.05, 3.63) is 23.7 Å². The van der Waals surface area contributed by atoms with E-state index in [0.717, 1.165) is 18.8 Å². The zero-order valence-electron chi connectivity index (χ0n) is 10.3. The van der Waals surface area contributed by atoms with Gasteiger partial charge in [0.25, 0.3) is 0 Å². The Bertz CT molecular complexity index is 342. The first-order valence-corrected chi connectivity index (χ1v) is 5.56. The first kappa shape index (κ1) is 12.8. The quantitative estimate of drug-likeness (QED) is 0.722. The van der Waals surface area contributed by atoms with E-state index in [0.29, 0.717) is 0 Å². The normalized spacial score (nSPS) is 12.8. The van der Waals surface area contributed by atoms with E-state index in [9.17, 15) is 4.79 Å². The van der Waals surface area contributed by atoms with Gasteiger partial charge in [-0.1, -0.05) is 13.8 Å². The zero-order chi connectivity index (χ0) is 12.1. The number of ether oxygens (including phenoxy) is 1. The molecule has 0 aliphatic carbocycles. The van der Waals surface area contributed by atoms with Crippen molar-refractivity contribution >= 4 is 5.97 Å². The Morgan fingerprint density at radius 3 is 2.56 bits per heavy atom. The first-order chi connectivity index (χ1) is 7.63. The van der Waals surface area contributed by atoms with Crippen LogP contribution in [0.15, 0.2) is 16.5 Å². The average molecular weight is 225 g/mol. The lowest BCUT2D eigenvalue weighted by atomic mass is 10.2. The molecule has 0 saturated carbocycles. The molecule has 0 aliphatic heterocycles. The van der Waals surface area contributed by atoms with Crippen molar-refractivity contribution < 1.29 is 13.9 Å². The first-order valence-electron chi connectivity index (χ1n) is 5.56. The number of methoxy groups -OCH3 is 1. The molecule has 0 fully saturated rings. The van der Waals surface area contributed by atoms with E-state index >= 15 is 0 Å². The molecule has 4 nitrogen and oxygen atoms in total. The SMILES string of the molecule is CCN(CC)[C@H](C)c1ccc(C(=O)OC)o1. The van der Waals surface area contributed by atoms with Crippen LogP contribution in [0.25, 0.3) is 0 Å². The lowest BCUT2D eigenvalue weighted by Crippen LogP contribution is -2.26. The molecule has 1 aromatic heterocycles. The van der Waals surface area contributed by atoms with Gasteiger partial charge in [-0.2, -0.15) is 0 Å². The molecule has 0 aliphatic rings. The lowest BCUT2D eigenvalue weighted by molar-refractivity contribution is 0.0559. The largest absolute Gasteiger partial charge is 0.463 e. The number of furan rings is 1. The topological polar surface area (TPSA) is 42.7 Å². The van der Waals surface area contributed by atoms with Gasteiger partial charge in [0.05, 0.1) is 13.2 Å². The van der Waals surface area contributed by atoms with E-state index in [2.05, 4.69) is 30.4 Å². The minimum Gasteiger partial charge on any atom is -0.463 e. The van der Waals surface area contributed by atoms with Gasteiger partial charge in [0.15, 0.2) is 0 Å². The number of hydrogen-bond donors (Lipinski definition) is 0. The summed E-state index contributed by atoms with van der Waals surface area (Å²) in [6.07, 6.45) is 0. The highest BCUT2D eigenvalue weighted by Gasteiger charge is 2.18. The van der Waals surface area contributed by atoms with Gasteiger partial charge in [0.2, 0.25) is 5.76 Å². The highest BCUT2D eigenvalue weighted by molar-refractivity contribution is 5.86. The summed E-state index contributed by atoms with van der Waals surface area (Å²) in [6, 6.07) is 3.66. The Morgan fingerprint density at radius 2 is 2.06 bits per heavy atom. The second-order valence-corrected chi connectivity index (χ2v) is 3.59.